The lowest BCUT2D eigenvalue weighted by molar-refractivity contribution is -0.121. The molecule has 20 heavy (non-hydrogen) atoms. The molecule has 1 aliphatic carbocycles. The Hall–Kier alpha value is -1.40. The van der Waals surface area contributed by atoms with Crippen LogP contribution in [0.3, 0.4) is 0 Å². The van der Waals surface area contributed by atoms with Crippen LogP contribution in [0.4, 0.5) is 4.79 Å². The minimum Gasteiger partial charge on any atom is -0.335 e. The lowest BCUT2D eigenvalue weighted by Gasteiger charge is -2.23. The molecule has 2 fully saturated rings. The summed E-state index contributed by atoms with van der Waals surface area (Å²) in [5, 5.41) is 9.38. The van der Waals surface area contributed by atoms with E-state index in [2.05, 4.69) is 32.4 Å². The smallest absolute Gasteiger partial charge is 0.321 e. The van der Waals surface area contributed by atoms with E-state index in [0.29, 0.717) is 12.6 Å². The Morgan fingerprint density at radius 1 is 1.35 bits per heavy atom. The number of imide groups is 1. The van der Waals surface area contributed by atoms with Gasteiger partial charge in [-0.05, 0) is 54.6 Å². The third-order valence-electron chi connectivity index (χ3n) is 3.80. The van der Waals surface area contributed by atoms with Gasteiger partial charge in [-0.2, -0.15) is 11.3 Å². The fraction of sp³-hybridized carbons (Fsp3) is 0.571. The molecule has 3 rings (SSSR count). The summed E-state index contributed by atoms with van der Waals surface area (Å²) in [5.74, 6) is -0.217. The van der Waals surface area contributed by atoms with Gasteiger partial charge in [0.15, 0.2) is 0 Å². The molecule has 0 aromatic carbocycles. The van der Waals surface area contributed by atoms with E-state index in [1.807, 2.05) is 0 Å². The van der Waals surface area contributed by atoms with E-state index < -0.39 is 0 Å². The number of rotatable bonds is 4. The molecular weight excluding hydrogens is 274 g/mol. The van der Waals surface area contributed by atoms with Gasteiger partial charge in [0.2, 0.25) is 5.91 Å². The van der Waals surface area contributed by atoms with E-state index in [0.717, 1.165) is 32.2 Å². The van der Waals surface area contributed by atoms with Gasteiger partial charge in [0.1, 0.15) is 0 Å². The first-order chi connectivity index (χ1) is 9.72. The number of carbonyl (C=O) groups is 2. The van der Waals surface area contributed by atoms with Gasteiger partial charge in [0.25, 0.3) is 0 Å². The zero-order chi connectivity index (χ0) is 13.9. The molecule has 1 aromatic rings. The molecule has 1 atom stereocenters. The molecule has 1 saturated heterocycles. The summed E-state index contributed by atoms with van der Waals surface area (Å²) in [4.78, 5) is 25.6. The molecule has 2 heterocycles. The molecule has 0 spiro atoms. The van der Waals surface area contributed by atoms with Gasteiger partial charge in [-0.1, -0.05) is 0 Å². The normalized spacial score (nSPS) is 22.7. The summed E-state index contributed by atoms with van der Waals surface area (Å²) in [5.41, 5.74) is 1.28. The Morgan fingerprint density at radius 3 is 2.90 bits per heavy atom. The van der Waals surface area contributed by atoms with E-state index in [1.165, 1.54) is 5.56 Å². The van der Waals surface area contributed by atoms with Gasteiger partial charge < -0.3 is 5.32 Å². The van der Waals surface area contributed by atoms with E-state index in [1.54, 1.807) is 11.3 Å². The molecule has 1 unspecified atom stereocenters. The Kier molecular flexibility index (Phi) is 4.03. The number of hydrogen-bond acceptors (Lipinski definition) is 4. The van der Waals surface area contributed by atoms with Crippen molar-refractivity contribution in [2.24, 2.45) is 0 Å². The van der Waals surface area contributed by atoms with E-state index >= 15 is 0 Å². The molecule has 2 N–H and O–H groups in total. The average Bonchev–Trinajstić information content (AvgIpc) is 2.91. The third-order valence-corrected chi connectivity index (χ3v) is 4.51. The fourth-order valence-electron chi connectivity index (χ4n) is 2.66. The van der Waals surface area contributed by atoms with Crippen LogP contribution in [0.15, 0.2) is 16.8 Å². The van der Waals surface area contributed by atoms with Crippen molar-refractivity contribution < 1.29 is 9.59 Å². The summed E-state index contributed by atoms with van der Waals surface area (Å²) in [6, 6.07) is 2.35. The maximum absolute atomic E-state index is 11.9. The zero-order valence-corrected chi connectivity index (χ0v) is 12.1. The second-order valence-electron chi connectivity index (χ2n) is 5.48. The highest BCUT2D eigenvalue weighted by atomic mass is 32.1. The van der Waals surface area contributed by atoms with Gasteiger partial charge in [-0.3, -0.25) is 15.0 Å². The first kappa shape index (κ1) is 13.6. The van der Waals surface area contributed by atoms with E-state index in [-0.39, 0.29) is 18.0 Å². The van der Waals surface area contributed by atoms with Crippen molar-refractivity contribution in [2.45, 2.75) is 37.8 Å². The molecular formula is C14H19N3O2S. The third kappa shape index (κ3) is 3.37. The van der Waals surface area contributed by atoms with E-state index in [4.69, 9.17) is 0 Å². The standard InChI is InChI=1S/C14H19N3O2S/c18-13(16-14(19)15-11-3-4-11)8-17-6-1-2-12(17)10-5-7-20-9-10/h5,7,9,11-12H,1-4,6,8H2,(H2,15,16,18,19). The second kappa shape index (κ2) is 5.93. The summed E-state index contributed by atoms with van der Waals surface area (Å²) in [6.07, 6.45) is 4.22. The Labute approximate surface area is 122 Å². The SMILES string of the molecule is O=C(CN1CCCC1c1ccsc1)NC(=O)NC1CC1. The predicted octanol–water partition coefficient (Wildman–Crippen LogP) is 1.87. The van der Waals surface area contributed by atoms with Crippen LogP contribution in [0.25, 0.3) is 0 Å². The largest absolute Gasteiger partial charge is 0.335 e. The maximum atomic E-state index is 11.9. The number of hydrogen-bond donors (Lipinski definition) is 2. The minimum atomic E-state index is -0.358. The summed E-state index contributed by atoms with van der Waals surface area (Å²) in [6.45, 7) is 1.21. The monoisotopic (exact) mass is 293 g/mol. The van der Waals surface area contributed by atoms with Crippen molar-refractivity contribution in [3.63, 3.8) is 0 Å². The molecule has 108 valence electrons. The molecule has 1 aliphatic heterocycles. The van der Waals surface area contributed by atoms with Crippen LogP contribution in [0.2, 0.25) is 0 Å². The summed E-state index contributed by atoms with van der Waals surface area (Å²) >= 11 is 1.68. The van der Waals surface area contributed by atoms with Crippen LogP contribution < -0.4 is 10.6 Å². The Bertz CT molecular complexity index is 485. The van der Waals surface area contributed by atoms with Crippen molar-refractivity contribution >= 4 is 23.3 Å². The second-order valence-corrected chi connectivity index (χ2v) is 6.26. The van der Waals surface area contributed by atoms with Crippen LogP contribution in [0, 0.1) is 0 Å². The predicted molar refractivity (Wildman–Crippen MR) is 77.6 cm³/mol. The lowest BCUT2D eigenvalue weighted by atomic mass is 10.1. The topological polar surface area (TPSA) is 61.4 Å². The molecule has 0 radical (unpaired) electrons. The lowest BCUT2D eigenvalue weighted by Crippen LogP contribution is -2.45. The maximum Gasteiger partial charge on any atom is 0.321 e. The molecule has 1 saturated carbocycles. The van der Waals surface area contributed by atoms with Gasteiger partial charge in [-0.15, -0.1) is 0 Å². The first-order valence-electron chi connectivity index (χ1n) is 7.09. The number of urea groups is 1. The van der Waals surface area contributed by atoms with Crippen molar-refractivity contribution in [1.82, 2.24) is 15.5 Å². The van der Waals surface area contributed by atoms with Gasteiger partial charge in [0, 0.05) is 12.1 Å². The quantitative estimate of drug-likeness (QED) is 0.891. The number of thiophene rings is 1. The number of nitrogens with one attached hydrogen (secondary N) is 2. The average molecular weight is 293 g/mol. The summed E-state index contributed by atoms with van der Waals surface area (Å²) < 4.78 is 0. The number of likely N-dealkylation sites (tertiary alicyclic amines) is 1. The Morgan fingerprint density at radius 2 is 2.20 bits per heavy atom. The number of carbonyl (C=O) groups excluding carboxylic acids is 2. The zero-order valence-electron chi connectivity index (χ0n) is 11.3. The number of amides is 3. The van der Waals surface area contributed by atoms with Gasteiger partial charge >= 0.3 is 6.03 Å². The first-order valence-corrected chi connectivity index (χ1v) is 8.03. The van der Waals surface area contributed by atoms with Crippen LogP contribution in [-0.4, -0.2) is 36.0 Å². The highest BCUT2D eigenvalue weighted by Crippen LogP contribution is 2.32. The minimum absolute atomic E-state index is 0.217. The van der Waals surface area contributed by atoms with E-state index in [9.17, 15) is 9.59 Å². The number of nitrogens with zero attached hydrogens (tertiary/aromatic N) is 1. The van der Waals surface area contributed by atoms with Crippen molar-refractivity contribution in [2.75, 3.05) is 13.1 Å². The highest BCUT2D eigenvalue weighted by Gasteiger charge is 2.29. The molecule has 0 bridgehead atoms. The van der Waals surface area contributed by atoms with Crippen LogP contribution in [0.1, 0.15) is 37.3 Å². The van der Waals surface area contributed by atoms with Crippen molar-refractivity contribution in [3.8, 4) is 0 Å². The molecule has 6 heteroatoms. The summed E-state index contributed by atoms with van der Waals surface area (Å²) in [7, 11) is 0. The highest BCUT2D eigenvalue weighted by molar-refractivity contribution is 7.07. The molecule has 5 nitrogen and oxygen atoms in total. The molecule has 3 amide bonds. The van der Waals surface area contributed by atoms with Crippen LogP contribution in [-0.2, 0) is 4.79 Å². The van der Waals surface area contributed by atoms with Crippen LogP contribution >= 0.6 is 11.3 Å². The van der Waals surface area contributed by atoms with Crippen molar-refractivity contribution in [3.05, 3.63) is 22.4 Å². The molecule has 2 aliphatic rings. The van der Waals surface area contributed by atoms with Gasteiger partial charge in [0.05, 0.1) is 6.54 Å². The van der Waals surface area contributed by atoms with Crippen molar-refractivity contribution in [1.29, 1.82) is 0 Å². The van der Waals surface area contributed by atoms with Gasteiger partial charge in [-0.25, -0.2) is 4.79 Å². The Balaban J connectivity index is 1.50. The fourth-order valence-corrected chi connectivity index (χ4v) is 3.36. The molecule has 1 aromatic heterocycles. The van der Waals surface area contributed by atoms with Crippen LogP contribution in [0.5, 0.6) is 0 Å².